The number of fused-ring (bicyclic) bond motifs is 6. The van der Waals surface area contributed by atoms with Crippen LogP contribution in [0.3, 0.4) is 0 Å². The maximum Gasteiger partial charge on any atom is 0.159 e. The molecule has 0 N–H and O–H groups in total. The lowest BCUT2D eigenvalue weighted by Gasteiger charge is -2.28. The summed E-state index contributed by atoms with van der Waals surface area (Å²) < 4.78 is 7.02. The van der Waals surface area contributed by atoms with Crippen LogP contribution in [-0.4, -0.2) is 0 Å². The summed E-state index contributed by atoms with van der Waals surface area (Å²) in [6, 6.07) is 78.7. The van der Waals surface area contributed by atoms with Crippen LogP contribution in [0.4, 0.5) is 17.1 Å². The Morgan fingerprint density at radius 2 is 0.828 bits per heavy atom. The van der Waals surface area contributed by atoms with Crippen LogP contribution < -0.4 is 4.90 Å². The summed E-state index contributed by atoms with van der Waals surface area (Å²) in [4.78, 5) is 2.33. The van der Waals surface area contributed by atoms with Gasteiger partial charge in [-0.3, -0.25) is 0 Å². The monoisotopic (exact) mass is 741 g/mol. The van der Waals surface area contributed by atoms with E-state index in [1.807, 2.05) is 0 Å². The lowest BCUT2D eigenvalue weighted by Crippen LogP contribution is -2.22. The molecule has 0 saturated heterocycles. The lowest BCUT2D eigenvalue weighted by atomic mass is 9.74. The molecule has 58 heavy (non-hydrogen) atoms. The molecule has 0 atom stereocenters. The van der Waals surface area contributed by atoms with Crippen molar-refractivity contribution in [2.75, 3.05) is 4.90 Å². The summed E-state index contributed by atoms with van der Waals surface area (Å²) in [7, 11) is 0. The molecule has 1 aliphatic rings. The van der Waals surface area contributed by atoms with Crippen molar-refractivity contribution < 1.29 is 4.42 Å². The third kappa shape index (κ3) is 5.49. The van der Waals surface area contributed by atoms with Crippen molar-refractivity contribution >= 4 is 39.0 Å². The fourth-order valence-electron chi connectivity index (χ4n) is 9.18. The Morgan fingerprint density at radius 1 is 0.379 bits per heavy atom. The standard InChI is InChI=1S/C56H39NO/c1-56(51-20-10-8-17-47(51)48-18-9-11-21-52(48)56)44-31-36-49-50-19-12-22-53(55(50)58-54(49)37-44)57(45-32-27-42(28-33-45)39-15-6-3-7-16-39)46-34-29-43(30-35-46)41-25-23-40(24-26-41)38-13-4-2-5-14-38/h2-37H,1H3. The van der Waals surface area contributed by atoms with Gasteiger partial charge in [0.2, 0.25) is 0 Å². The van der Waals surface area contributed by atoms with Gasteiger partial charge in [-0.2, -0.15) is 0 Å². The van der Waals surface area contributed by atoms with E-state index in [1.165, 1.54) is 61.2 Å². The van der Waals surface area contributed by atoms with Gasteiger partial charge in [-0.25, -0.2) is 0 Å². The van der Waals surface area contributed by atoms with Crippen molar-refractivity contribution in [2.24, 2.45) is 0 Å². The summed E-state index contributed by atoms with van der Waals surface area (Å²) in [6.45, 7) is 2.36. The fraction of sp³-hybridized carbons (Fsp3) is 0.0357. The number of furan rings is 1. The van der Waals surface area contributed by atoms with Crippen molar-refractivity contribution in [3.05, 3.63) is 235 Å². The zero-order chi connectivity index (χ0) is 38.6. The molecule has 2 heteroatoms. The molecule has 1 aliphatic carbocycles. The van der Waals surface area contributed by atoms with Gasteiger partial charge >= 0.3 is 0 Å². The first-order chi connectivity index (χ1) is 28.6. The zero-order valence-corrected chi connectivity index (χ0v) is 32.1. The second kappa shape index (κ2) is 13.7. The van der Waals surface area contributed by atoms with Gasteiger partial charge < -0.3 is 9.32 Å². The summed E-state index contributed by atoms with van der Waals surface area (Å²) in [5, 5.41) is 2.20. The van der Waals surface area contributed by atoms with Crippen LogP contribution in [0, 0.1) is 0 Å². The highest BCUT2D eigenvalue weighted by Gasteiger charge is 2.40. The minimum atomic E-state index is -0.306. The molecule has 2 nitrogen and oxygen atoms in total. The molecule has 0 amide bonds. The van der Waals surface area contributed by atoms with E-state index in [4.69, 9.17) is 4.42 Å². The highest BCUT2D eigenvalue weighted by atomic mass is 16.3. The van der Waals surface area contributed by atoms with E-state index in [0.29, 0.717) is 0 Å². The number of hydrogen-bond acceptors (Lipinski definition) is 2. The molecule has 0 aliphatic heterocycles. The number of para-hydroxylation sites is 1. The maximum absolute atomic E-state index is 7.02. The quantitative estimate of drug-likeness (QED) is 0.162. The molecule has 1 heterocycles. The largest absolute Gasteiger partial charge is 0.454 e. The molecule has 10 aromatic rings. The lowest BCUT2D eigenvalue weighted by molar-refractivity contribution is 0.662. The van der Waals surface area contributed by atoms with E-state index in [2.05, 4.69) is 230 Å². The molecular formula is C56H39NO. The normalized spacial score (nSPS) is 12.7. The number of rotatable bonds is 7. The Labute approximate surface area is 338 Å². The number of anilines is 3. The van der Waals surface area contributed by atoms with Gasteiger partial charge in [-0.1, -0.05) is 182 Å². The third-order valence-corrected chi connectivity index (χ3v) is 12.2. The van der Waals surface area contributed by atoms with Gasteiger partial charge in [0.25, 0.3) is 0 Å². The van der Waals surface area contributed by atoms with Gasteiger partial charge in [-0.15, -0.1) is 0 Å². The number of benzene rings is 9. The average Bonchev–Trinajstić information content (AvgIpc) is 3.81. The molecule has 0 radical (unpaired) electrons. The molecular weight excluding hydrogens is 703 g/mol. The summed E-state index contributed by atoms with van der Waals surface area (Å²) >= 11 is 0. The van der Waals surface area contributed by atoms with E-state index in [9.17, 15) is 0 Å². The van der Waals surface area contributed by atoms with E-state index in [-0.39, 0.29) is 5.41 Å². The van der Waals surface area contributed by atoms with Crippen LogP contribution in [-0.2, 0) is 5.41 Å². The highest BCUT2D eigenvalue weighted by molar-refractivity contribution is 6.10. The first-order valence-corrected chi connectivity index (χ1v) is 20.0. The van der Waals surface area contributed by atoms with Crippen LogP contribution in [0.5, 0.6) is 0 Å². The second-order valence-corrected chi connectivity index (χ2v) is 15.4. The first-order valence-electron chi connectivity index (χ1n) is 20.0. The zero-order valence-electron chi connectivity index (χ0n) is 32.1. The molecule has 0 spiro atoms. The Kier molecular flexibility index (Phi) is 7.97. The first kappa shape index (κ1) is 33.9. The third-order valence-electron chi connectivity index (χ3n) is 12.2. The molecule has 0 bridgehead atoms. The fourth-order valence-corrected chi connectivity index (χ4v) is 9.18. The van der Waals surface area contributed by atoms with Crippen molar-refractivity contribution in [2.45, 2.75) is 12.3 Å². The van der Waals surface area contributed by atoms with Gasteiger partial charge in [-0.05, 0) is 105 Å². The molecule has 11 rings (SSSR count). The van der Waals surface area contributed by atoms with Crippen molar-refractivity contribution in [3.63, 3.8) is 0 Å². The van der Waals surface area contributed by atoms with Crippen molar-refractivity contribution in [1.82, 2.24) is 0 Å². The minimum Gasteiger partial charge on any atom is -0.454 e. The van der Waals surface area contributed by atoms with E-state index in [1.54, 1.807) is 0 Å². The van der Waals surface area contributed by atoms with Crippen molar-refractivity contribution in [1.29, 1.82) is 0 Å². The summed E-state index contributed by atoms with van der Waals surface area (Å²) in [5.41, 5.74) is 18.2. The minimum absolute atomic E-state index is 0.306. The summed E-state index contributed by atoms with van der Waals surface area (Å²) in [5.74, 6) is 0. The molecule has 9 aromatic carbocycles. The highest BCUT2D eigenvalue weighted by Crippen LogP contribution is 2.53. The molecule has 0 saturated carbocycles. The molecule has 0 unspecified atom stereocenters. The Hall–Kier alpha value is -7.42. The Morgan fingerprint density at radius 3 is 1.34 bits per heavy atom. The summed E-state index contributed by atoms with van der Waals surface area (Å²) in [6.07, 6.45) is 0. The van der Waals surface area contributed by atoms with Gasteiger partial charge in [0.15, 0.2) is 5.58 Å². The molecule has 0 fully saturated rings. The SMILES string of the molecule is CC1(c2ccc3c(c2)oc2c(N(c4ccc(-c5ccccc5)cc4)c4ccc(-c5ccc(-c6ccccc6)cc5)cc4)cccc23)c2ccccc2-c2ccccc21. The molecule has 1 aromatic heterocycles. The van der Waals surface area contributed by atoms with Crippen LogP contribution in [0.15, 0.2) is 223 Å². The topological polar surface area (TPSA) is 16.4 Å². The Balaban J connectivity index is 1.02. The number of nitrogens with zero attached hydrogens (tertiary/aromatic N) is 1. The smallest absolute Gasteiger partial charge is 0.159 e. The van der Waals surface area contributed by atoms with Gasteiger partial charge in [0.1, 0.15) is 5.58 Å². The van der Waals surface area contributed by atoms with E-state index in [0.717, 1.165) is 39.0 Å². The van der Waals surface area contributed by atoms with Gasteiger partial charge in [0.05, 0.1) is 5.69 Å². The second-order valence-electron chi connectivity index (χ2n) is 15.4. The van der Waals surface area contributed by atoms with E-state index < -0.39 is 0 Å². The van der Waals surface area contributed by atoms with Crippen LogP contribution in [0.25, 0.3) is 66.4 Å². The van der Waals surface area contributed by atoms with Crippen LogP contribution in [0.2, 0.25) is 0 Å². The predicted molar refractivity (Wildman–Crippen MR) is 242 cm³/mol. The van der Waals surface area contributed by atoms with Crippen LogP contribution >= 0.6 is 0 Å². The number of hydrogen-bond donors (Lipinski definition) is 0. The Bertz CT molecular complexity index is 3040. The van der Waals surface area contributed by atoms with E-state index >= 15 is 0 Å². The van der Waals surface area contributed by atoms with Crippen molar-refractivity contribution in [3.8, 4) is 44.5 Å². The maximum atomic E-state index is 7.02. The molecule has 274 valence electrons. The predicted octanol–water partition coefficient (Wildman–Crippen LogP) is 15.4. The van der Waals surface area contributed by atoms with Gasteiger partial charge in [0, 0.05) is 27.6 Å². The van der Waals surface area contributed by atoms with Crippen LogP contribution in [0.1, 0.15) is 23.6 Å². The average molecular weight is 742 g/mol.